The van der Waals surface area contributed by atoms with Gasteiger partial charge in [0.25, 0.3) is 5.91 Å². The van der Waals surface area contributed by atoms with E-state index in [1.807, 2.05) is 24.3 Å². The molecule has 0 saturated carbocycles. The number of nitrogens with one attached hydrogen (secondary N) is 1. The highest BCUT2D eigenvalue weighted by Gasteiger charge is 2.40. The Bertz CT molecular complexity index is 1640. The van der Waals surface area contributed by atoms with Gasteiger partial charge in [0.1, 0.15) is 0 Å². The summed E-state index contributed by atoms with van der Waals surface area (Å²) in [7, 11) is 0. The number of alkyl halides is 6. The van der Waals surface area contributed by atoms with Crippen molar-refractivity contribution in [3.8, 4) is 0 Å². The number of benzene rings is 2. The molecule has 3 saturated heterocycles. The molecule has 2 N–H and O–H groups in total. The van der Waals surface area contributed by atoms with Crippen molar-refractivity contribution in [2.75, 3.05) is 57.7 Å². The molecular weight excluding hydrogens is 720 g/mol. The molecule has 0 aliphatic carbocycles. The predicted octanol–water partition coefficient (Wildman–Crippen LogP) is 6.41. The second-order valence-corrected chi connectivity index (χ2v) is 15.3. The van der Waals surface area contributed by atoms with Gasteiger partial charge >= 0.3 is 24.5 Å². The average Bonchev–Trinajstić information content (AvgIpc) is 3.29. The van der Waals surface area contributed by atoms with Crippen molar-refractivity contribution in [1.82, 2.24) is 19.6 Å². The Balaban J connectivity index is 1.16. The van der Waals surface area contributed by atoms with Gasteiger partial charge in [-0.3, -0.25) is 4.79 Å². The lowest BCUT2D eigenvalue weighted by Gasteiger charge is -2.40. The maximum Gasteiger partial charge on any atom is 0.416 e. The molecular formula is C38H47F6N5O5. The Hall–Kier alpha value is -4.05. The number of amides is 4. The summed E-state index contributed by atoms with van der Waals surface area (Å²) >= 11 is 0. The molecule has 4 aliphatic rings. The van der Waals surface area contributed by atoms with Gasteiger partial charge in [0, 0.05) is 70.5 Å². The van der Waals surface area contributed by atoms with Crippen LogP contribution in [0.3, 0.4) is 0 Å². The number of aliphatic hydroxyl groups is 1. The van der Waals surface area contributed by atoms with E-state index >= 15 is 0 Å². The minimum Gasteiger partial charge on any atom is -0.436 e. The van der Waals surface area contributed by atoms with Crippen LogP contribution in [0.4, 0.5) is 41.6 Å². The molecule has 3 fully saturated rings. The molecule has 4 aliphatic heterocycles. The summed E-state index contributed by atoms with van der Waals surface area (Å²) in [6.45, 7) is 5.19. The first-order valence-electron chi connectivity index (χ1n) is 18.6. The van der Waals surface area contributed by atoms with Crippen LogP contribution in [0.25, 0.3) is 0 Å². The number of likely N-dealkylation sites (tertiary alicyclic amines) is 3. The van der Waals surface area contributed by atoms with E-state index in [0.717, 1.165) is 17.7 Å². The Morgan fingerprint density at radius 2 is 1.56 bits per heavy atom. The predicted molar refractivity (Wildman–Crippen MR) is 186 cm³/mol. The summed E-state index contributed by atoms with van der Waals surface area (Å²) in [6.07, 6.45) is -9.38. The van der Waals surface area contributed by atoms with Crippen LogP contribution < -0.4 is 5.32 Å². The summed E-state index contributed by atoms with van der Waals surface area (Å²) in [6, 6.07) is 8.22. The van der Waals surface area contributed by atoms with E-state index in [9.17, 15) is 45.8 Å². The lowest BCUT2D eigenvalue weighted by Crippen LogP contribution is -2.52. The highest BCUT2D eigenvalue weighted by molar-refractivity contribution is 5.91. The number of hydrogen-bond acceptors (Lipinski definition) is 6. The molecule has 16 heteroatoms. The first kappa shape index (κ1) is 39.6. The number of anilines is 1. The SMILES string of the molecule is CC1(O)CCN(CC2CCCN(C(=O)[C@@H](Cc3cc(C(F)(F)F)cc(C(F)(F)F)c3)OC(=O)N3CCC(N4CCc5ccccc5NC4=O)CC3)C2)CC1. The third-order valence-electron chi connectivity index (χ3n) is 11.2. The second-order valence-electron chi connectivity index (χ2n) is 15.3. The second kappa shape index (κ2) is 16.0. The molecule has 296 valence electrons. The fraction of sp³-hybridized carbons (Fsp3) is 0.605. The summed E-state index contributed by atoms with van der Waals surface area (Å²) in [5.41, 5.74) is -2.47. The number of fused-ring (bicyclic) bond motifs is 1. The van der Waals surface area contributed by atoms with Gasteiger partial charge in [-0.25, -0.2) is 9.59 Å². The van der Waals surface area contributed by atoms with Gasteiger partial charge in [-0.1, -0.05) is 18.2 Å². The van der Waals surface area contributed by atoms with Crippen LogP contribution in [0.2, 0.25) is 0 Å². The molecule has 10 nitrogen and oxygen atoms in total. The van der Waals surface area contributed by atoms with Crippen LogP contribution in [0.1, 0.15) is 67.7 Å². The maximum atomic E-state index is 14.1. The van der Waals surface area contributed by atoms with Gasteiger partial charge in [0.15, 0.2) is 6.10 Å². The van der Waals surface area contributed by atoms with Crippen LogP contribution in [-0.2, 0) is 34.7 Å². The fourth-order valence-corrected chi connectivity index (χ4v) is 8.03. The number of hydrogen-bond donors (Lipinski definition) is 2. The summed E-state index contributed by atoms with van der Waals surface area (Å²) in [5.74, 6) is -0.646. The summed E-state index contributed by atoms with van der Waals surface area (Å²) in [5, 5.41) is 13.3. The van der Waals surface area contributed by atoms with Gasteiger partial charge in [-0.2, -0.15) is 26.3 Å². The lowest BCUT2D eigenvalue weighted by atomic mass is 9.91. The third kappa shape index (κ3) is 9.78. The molecule has 4 heterocycles. The van der Waals surface area contributed by atoms with Crippen LogP contribution in [0.5, 0.6) is 0 Å². The fourth-order valence-electron chi connectivity index (χ4n) is 8.03. The van der Waals surface area contributed by atoms with E-state index < -0.39 is 59.2 Å². The average molecular weight is 768 g/mol. The standard InChI is InChI=1S/C38H47F6N5O5/c1-36(53)11-17-46(18-12-36)23-25-5-4-13-48(24-25)33(50)32(21-26-19-28(37(39,40)41)22-29(20-26)38(42,43)44)54-35(52)47-14-9-30(10-15-47)49-16-8-27-6-2-3-7-31(27)45-34(49)51/h2-3,6-7,19-20,22,25,30,32,53H,4-5,8-18,21,23-24H2,1H3,(H,45,51)/t25?,32-/m1/s1. The molecule has 0 radical (unpaired) electrons. The Kier molecular flexibility index (Phi) is 11.7. The van der Waals surface area contributed by atoms with E-state index in [2.05, 4.69) is 10.2 Å². The molecule has 6 rings (SSSR count). The number of halogens is 6. The Morgan fingerprint density at radius 1 is 0.907 bits per heavy atom. The molecule has 1 unspecified atom stereocenters. The van der Waals surface area contributed by atoms with Crippen LogP contribution in [0.15, 0.2) is 42.5 Å². The first-order chi connectivity index (χ1) is 25.4. The van der Waals surface area contributed by atoms with Crippen LogP contribution in [-0.4, -0.2) is 113 Å². The molecule has 0 aromatic heterocycles. The van der Waals surface area contributed by atoms with E-state index in [1.165, 1.54) is 9.80 Å². The van der Waals surface area contributed by atoms with E-state index in [4.69, 9.17) is 4.74 Å². The highest BCUT2D eigenvalue weighted by atomic mass is 19.4. The zero-order chi connectivity index (χ0) is 38.8. The van der Waals surface area contributed by atoms with Gasteiger partial charge in [0.05, 0.1) is 16.7 Å². The third-order valence-corrected chi connectivity index (χ3v) is 11.2. The molecule has 2 aromatic carbocycles. The Labute approximate surface area is 310 Å². The van der Waals surface area contributed by atoms with Crippen molar-refractivity contribution >= 4 is 23.7 Å². The summed E-state index contributed by atoms with van der Waals surface area (Å²) < 4.78 is 88.3. The highest BCUT2D eigenvalue weighted by Crippen LogP contribution is 2.37. The van der Waals surface area contributed by atoms with E-state index in [0.29, 0.717) is 83.4 Å². The van der Waals surface area contributed by atoms with Gasteiger partial charge in [-0.15, -0.1) is 0 Å². The van der Waals surface area contributed by atoms with Crippen molar-refractivity contribution < 1.29 is 50.6 Å². The normalized spacial score (nSPS) is 22.3. The zero-order valence-corrected chi connectivity index (χ0v) is 30.2. The van der Waals surface area contributed by atoms with Crippen molar-refractivity contribution in [3.05, 3.63) is 64.7 Å². The van der Waals surface area contributed by atoms with Gasteiger partial charge in [0.2, 0.25) is 0 Å². The number of urea groups is 1. The number of piperidine rings is 3. The number of ether oxygens (including phenoxy) is 1. The number of rotatable bonds is 7. The number of para-hydroxylation sites is 1. The maximum absolute atomic E-state index is 14.1. The van der Waals surface area contributed by atoms with E-state index in [-0.39, 0.29) is 43.7 Å². The van der Waals surface area contributed by atoms with Gasteiger partial charge < -0.3 is 34.8 Å². The minimum atomic E-state index is -5.09. The smallest absolute Gasteiger partial charge is 0.416 e. The summed E-state index contributed by atoms with van der Waals surface area (Å²) in [4.78, 5) is 47.6. The molecule has 2 atom stereocenters. The molecule has 0 spiro atoms. The molecule has 54 heavy (non-hydrogen) atoms. The number of carbonyl (C=O) groups is 3. The van der Waals surface area contributed by atoms with Crippen molar-refractivity contribution in [2.24, 2.45) is 5.92 Å². The van der Waals surface area contributed by atoms with Crippen molar-refractivity contribution in [2.45, 2.75) is 88.4 Å². The molecule has 4 amide bonds. The minimum absolute atomic E-state index is 0.0228. The zero-order valence-electron chi connectivity index (χ0n) is 30.2. The largest absolute Gasteiger partial charge is 0.436 e. The van der Waals surface area contributed by atoms with E-state index in [1.54, 1.807) is 11.8 Å². The monoisotopic (exact) mass is 767 g/mol. The van der Waals surface area contributed by atoms with Crippen molar-refractivity contribution in [3.63, 3.8) is 0 Å². The molecule has 2 aromatic rings. The Morgan fingerprint density at radius 3 is 2.20 bits per heavy atom. The number of nitrogens with zero attached hydrogens (tertiary/aromatic N) is 4. The first-order valence-corrected chi connectivity index (χ1v) is 18.6. The van der Waals surface area contributed by atoms with Crippen molar-refractivity contribution in [1.29, 1.82) is 0 Å². The van der Waals surface area contributed by atoms with Crippen LogP contribution >= 0.6 is 0 Å². The lowest BCUT2D eigenvalue weighted by molar-refractivity contribution is -0.143. The molecule has 0 bridgehead atoms. The number of carbonyl (C=O) groups excluding carboxylic acids is 3. The quantitative estimate of drug-likeness (QED) is 0.316. The van der Waals surface area contributed by atoms with Crippen LogP contribution in [0, 0.1) is 5.92 Å². The van der Waals surface area contributed by atoms with Gasteiger partial charge in [-0.05, 0) is 93.2 Å². The topological polar surface area (TPSA) is 106 Å².